The lowest BCUT2D eigenvalue weighted by Gasteiger charge is -2.25. The highest BCUT2D eigenvalue weighted by Gasteiger charge is 2.19. The Morgan fingerprint density at radius 2 is 0.946 bits per heavy atom. The fourth-order valence-corrected chi connectivity index (χ4v) is 8.79. The largest absolute Gasteiger partial charge is 0.456 e. The van der Waals surface area contributed by atoms with Gasteiger partial charge in [0.2, 0.25) is 0 Å². The van der Waals surface area contributed by atoms with Crippen LogP contribution in [0.4, 0.5) is 17.1 Å². The molecule has 0 amide bonds. The molecule has 0 unspecified atom stereocenters. The number of anilines is 3. The summed E-state index contributed by atoms with van der Waals surface area (Å²) in [5, 5.41) is 9.32. The Hall–Kier alpha value is -7.56. The standard InChI is InChI=1S/C52H32N2O2/c1-3-12-36(13-4-1)53(39-23-25-43-51(32-39)56-49-28-20-33-11-7-8-16-40(33)52(43)49)38-22-24-42-45-30-35(21-27-48(45)55-50(42)31-38)34-19-26-47-44(29-34)41-17-9-10-18-46(41)54(47)37-14-5-2-6-15-37/h1-32H. The summed E-state index contributed by atoms with van der Waals surface area (Å²) in [6.07, 6.45) is 0. The van der Waals surface area contributed by atoms with Crippen LogP contribution in [0, 0.1) is 0 Å². The molecule has 0 radical (unpaired) electrons. The minimum atomic E-state index is 0.841. The molecule has 0 N–H and O–H groups in total. The Morgan fingerprint density at radius 3 is 1.77 bits per heavy atom. The quantitative estimate of drug-likeness (QED) is 0.178. The molecule has 9 aromatic carbocycles. The average molecular weight is 717 g/mol. The van der Waals surface area contributed by atoms with Crippen molar-refractivity contribution in [2.45, 2.75) is 0 Å². The number of rotatable bonds is 5. The molecule has 0 aliphatic heterocycles. The van der Waals surface area contributed by atoms with Gasteiger partial charge in [0.15, 0.2) is 0 Å². The Balaban J connectivity index is 0.968. The number of fused-ring (bicyclic) bond motifs is 11. The van der Waals surface area contributed by atoms with E-state index in [1.807, 2.05) is 6.07 Å². The molecule has 12 rings (SSSR count). The lowest BCUT2D eigenvalue weighted by atomic mass is 10.0. The zero-order valence-electron chi connectivity index (χ0n) is 30.2. The lowest BCUT2D eigenvalue weighted by molar-refractivity contribution is 0.669. The van der Waals surface area contributed by atoms with E-state index in [-0.39, 0.29) is 0 Å². The first-order chi connectivity index (χ1) is 27.7. The molecule has 3 aromatic heterocycles. The van der Waals surface area contributed by atoms with Gasteiger partial charge >= 0.3 is 0 Å². The van der Waals surface area contributed by atoms with Crippen molar-refractivity contribution in [3.63, 3.8) is 0 Å². The number of benzene rings is 9. The Morgan fingerprint density at radius 1 is 0.339 bits per heavy atom. The van der Waals surface area contributed by atoms with Gasteiger partial charge in [0, 0.05) is 67.2 Å². The third-order valence-corrected chi connectivity index (χ3v) is 11.4. The summed E-state index contributed by atoms with van der Waals surface area (Å²) < 4.78 is 15.4. The number of furan rings is 2. The van der Waals surface area contributed by atoms with Crippen molar-refractivity contribution in [1.29, 1.82) is 0 Å². The van der Waals surface area contributed by atoms with Gasteiger partial charge in [-0.05, 0) is 107 Å². The summed E-state index contributed by atoms with van der Waals surface area (Å²) in [6, 6.07) is 68.9. The van der Waals surface area contributed by atoms with Gasteiger partial charge in [-0.15, -0.1) is 0 Å². The van der Waals surface area contributed by atoms with Crippen LogP contribution >= 0.6 is 0 Å². The third kappa shape index (κ3) is 4.66. The van der Waals surface area contributed by atoms with Crippen molar-refractivity contribution in [2.24, 2.45) is 0 Å². The summed E-state index contributed by atoms with van der Waals surface area (Å²) in [7, 11) is 0. The first-order valence-corrected chi connectivity index (χ1v) is 19.0. The molecule has 4 nitrogen and oxygen atoms in total. The van der Waals surface area contributed by atoms with E-state index in [1.165, 1.54) is 38.1 Å². The van der Waals surface area contributed by atoms with E-state index in [0.29, 0.717) is 0 Å². The van der Waals surface area contributed by atoms with Gasteiger partial charge in [0.05, 0.1) is 11.0 Å². The summed E-state index contributed by atoms with van der Waals surface area (Å²) in [5.74, 6) is 0. The number of nitrogens with zero attached hydrogens (tertiary/aromatic N) is 2. The Kier molecular flexibility index (Phi) is 6.60. The predicted molar refractivity (Wildman–Crippen MR) is 233 cm³/mol. The van der Waals surface area contributed by atoms with Gasteiger partial charge in [-0.1, -0.05) is 97.1 Å². The second-order valence-electron chi connectivity index (χ2n) is 14.5. The van der Waals surface area contributed by atoms with Gasteiger partial charge < -0.3 is 18.3 Å². The van der Waals surface area contributed by atoms with E-state index in [1.54, 1.807) is 0 Å². The number of hydrogen-bond acceptors (Lipinski definition) is 3. The highest BCUT2D eigenvalue weighted by Crippen LogP contribution is 2.43. The number of aromatic nitrogens is 1. The molecule has 56 heavy (non-hydrogen) atoms. The van der Waals surface area contributed by atoms with Crippen molar-refractivity contribution in [1.82, 2.24) is 4.57 Å². The maximum Gasteiger partial charge on any atom is 0.137 e. The van der Waals surface area contributed by atoms with Crippen molar-refractivity contribution in [3.05, 3.63) is 194 Å². The molecule has 0 aliphatic carbocycles. The van der Waals surface area contributed by atoms with E-state index >= 15 is 0 Å². The maximum absolute atomic E-state index is 6.59. The van der Waals surface area contributed by atoms with Gasteiger partial charge in [-0.2, -0.15) is 0 Å². The van der Waals surface area contributed by atoms with Crippen molar-refractivity contribution >= 4 is 93.5 Å². The van der Waals surface area contributed by atoms with E-state index < -0.39 is 0 Å². The van der Waals surface area contributed by atoms with Crippen LogP contribution in [0.3, 0.4) is 0 Å². The third-order valence-electron chi connectivity index (χ3n) is 11.4. The van der Waals surface area contributed by atoms with Crippen molar-refractivity contribution in [3.8, 4) is 16.8 Å². The smallest absolute Gasteiger partial charge is 0.137 e. The van der Waals surface area contributed by atoms with Crippen LogP contribution in [0.2, 0.25) is 0 Å². The molecule has 0 saturated heterocycles. The Bertz CT molecular complexity index is 3480. The molecule has 0 spiro atoms. The molecule has 0 saturated carbocycles. The zero-order chi connectivity index (χ0) is 36.7. The van der Waals surface area contributed by atoms with Crippen LogP contribution in [0.1, 0.15) is 0 Å². The molecule has 0 bridgehead atoms. The van der Waals surface area contributed by atoms with Crippen LogP contribution in [-0.2, 0) is 0 Å². The molecule has 0 fully saturated rings. The number of hydrogen-bond donors (Lipinski definition) is 0. The minimum absolute atomic E-state index is 0.841. The SMILES string of the molecule is c1ccc(N(c2ccc3c(c2)oc2ccc(-c4ccc5c(c4)c4ccccc4n5-c4ccccc4)cc23)c2ccc3c(c2)oc2ccc4ccccc4c23)cc1. The van der Waals surface area contributed by atoms with E-state index in [4.69, 9.17) is 8.83 Å². The highest BCUT2D eigenvalue weighted by molar-refractivity contribution is 6.19. The second kappa shape index (κ2) is 12.0. The van der Waals surface area contributed by atoms with Crippen molar-refractivity contribution < 1.29 is 8.83 Å². The minimum Gasteiger partial charge on any atom is -0.456 e. The maximum atomic E-state index is 6.59. The monoisotopic (exact) mass is 716 g/mol. The van der Waals surface area contributed by atoms with Gasteiger partial charge in [0.25, 0.3) is 0 Å². The summed E-state index contributed by atoms with van der Waals surface area (Å²) in [6.45, 7) is 0. The molecule has 0 aliphatic rings. The molecule has 262 valence electrons. The van der Waals surface area contributed by atoms with Crippen molar-refractivity contribution in [2.75, 3.05) is 4.90 Å². The second-order valence-corrected chi connectivity index (χ2v) is 14.5. The molecule has 3 heterocycles. The molecular weight excluding hydrogens is 685 g/mol. The van der Waals surface area contributed by atoms with Crippen LogP contribution in [0.5, 0.6) is 0 Å². The Labute approximate surface area is 321 Å². The first kappa shape index (κ1) is 30.9. The topological polar surface area (TPSA) is 34.5 Å². The van der Waals surface area contributed by atoms with Gasteiger partial charge in [-0.25, -0.2) is 0 Å². The van der Waals surface area contributed by atoms with Crippen LogP contribution in [-0.4, -0.2) is 4.57 Å². The summed E-state index contributed by atoms with van der Waals surface area (Å²) in [4.78, 5) is 2.27. The fraction of sp³-hybridized carbons (Fsp3) is 0. The fourth-order valence-electron chi connectivity index (χ4n) is 8.79. The van der Waals surface area contributed by atoms with Gasteiger partial charge in [0.1, 0.15) is 22.3 Å². The van der Waals surface area contributed by atoms with Crippen LogP contribution < -0.4 is 4.90 Å². The summed E-state index contributed by atoms with van der Waals surface area (Å²) >= 11 is 0. The van der Waals surface area contributed by atoms with E-state index in [0.717, 1.165) is 72.2 Å². The first-order valence-electron chi connectivity index (χ1n) is 19.0. The van der Waals surface area contributed by atoms with Gasteiger partial charge in [-0.3, -0.25) is 0 Å². The average Bonchev–Trinajstić information content (AvgIpc) is 3.93. The normalized spacial score (nSPS) is 11.9. The zero-order valence-corrected chi connectivity index (χ0v) is 30.2. The molecular formula is C52H32N2O2. The van der Waals surface area contributed by atoms with Crippen LogP contribution in [0.25, 0.3) is 93.3 Å². The van der Waals surface area contributed by atoms with Crippen LogP contribution in [0.15, 0.2) is 203 Å². The molecule has 4 heteroatoms. The molecule has 12 aromatic rings. The predicted octanol–water partition coefficient (Wildman–Crippen LogP) is 14.9. The van der Waals surface area contributed by atoms with E-state index in [2.05, 4.69) is 198 Å². The molecule has 0 atom stereocenters. The highest BCUT2D eigenvalue weighted by atomic mass is 16.3. The van der Waals surface area contributed by atoms with E-state index in [9.17, 15) is 0 Å². The number of para-hydroxylation sites is 3. The summed E-state index contributed by atoms with van der Waals surface area (Å²) in [5.41, 5.74) is 12.4. The lowest BCUT2D eigenvalue weighted by Crippen LogP contribution is -2.09.